The second-order valence-electron chi connectivity index (χ2n) is 7.38. The fourth-order valence-corrected chi connectivity index (χ4v) is 4.94. The van der Waals surface area contributed by atoms with Gasteiger partial charge in [-0.25, -0.2) is 9.55 Å². The molecule has 1 aliphatic heterocycles. The number of hydrogen-bond acceptors (Lipinski definition) is 5. The summed E-state index contributed by atoms with van der Waals surface area (Å²) >= 11 is 7.43. The summed E-state index contributed by atoms with van der Waals surface area (Å²) in [6.45, 7) is 4.54. The van der Waals surface area contributed by atoms with Gasteiger partial charge in [0.05, 0.1) is 28.2 Å². The summed E-state index contributed by atoms with van der Waals surface area (Å²) in [5.41, 5.74) is 1.17. The molecule has 0 saturated carbocycles. The predicted molar refractivity (Wildman–Crippen MR) is 114 cm³/mol. The molecule has 1 aliphatic rings. The van der Waals surface area contributed by atoms with Gasteiger partial charge in [-0.05, 0) is 37.3 Å². The Hall–Kier alpha value is -2.97. The molecule has 0 spiro atoms. The minimum absolute atomic E-state index is 0.0340. The van der Waals surface area contributed by atoms with Crippen LogP contribution in [0.3, 0.4) is 0 Å². The number of nitrogens with zero attached hydrogens (tertiary/aromatic N) is 3. The maximum absolute atomic E-state index is 13.4. The molecule has 3 aromatic rings. The van der Waals surface area contributed by atoms with E-state index in [1.54, 1.807) is 38.1 Å². The zero-order chi connectivity index (χ0) is 22.1. The van der Waals surface area contributed by atoms with Crippen molar-refractivity contribution in [2.24, 2.45) is 0 Å². The van der Waals surface area contributed by atoms with Gasteiger partial charge in [0.25, 0.3) is 0 Å². The quantitative estimate of drug-likeness (QED) is 0.436. The number of ketones is 1. The fourth-order valence-electron chi connectivity index (χ4n) is 3.87. The van der Waals surface area contributed by atoms with Crippen molar-refractivity contribution in [1.82, 2.24) is 14.9 Å². The van der Waals surface area contributed by atoms with E-state index in [-0.39, 0.29) is 5.57 Å². The molecule has 0 bridgehead atoms. The van der Waals surface area contributed by atoms with E-state index in [9.17, 15) is 14.7 Å². The molecule has 7 nitrogen and oxygen atoms in total. The highest BCUT2D eigenvalue weighted by Crippen LogP contribution is 2.40. The number of amides is 1. The zero-order valence-electron chi connectivity index (χ0n) is 17.1. The molecule has 1 unspecified atom stereocenters. The van der Waals surface area contributed by atoms with Gasteiger partial charge in [0.15, 0.2) is 0 Å². The monoisotopic (exact) mass is 456 g/mol. The van der Waals surface area contributed by atoms with Gasteiger partial charge in [-0.2, -0.15) is 0 Å². The van der Waals surface area contributed by atoms with Gasteiger partial charge in [-0.15, -0.1) is 11.3 Å². The van der Waals surface area contributed by atoms with Crippen LogP contribution in [0.1, 0.15) is 38.4 Å². The van der Waals surface area contributed by atoms with E-state index in [2.05, 4.69) is 9.97 Å². The van der Waals surface area contributed by atoms with E-state index >= 15 is 0 Å². The highest BCUT2D eigenvalue weighted by molar-refractivity contribution is 7.14. The van der Waals surface area contributed by atoms with Crippen LogP contribution in [0, 0.1) is 13.8 Å². The minimum atomic E-state index is -0.774. The highest BCUT2D eigenvalue weighted by atomic mass is 35.5. The van der Waals surface area contributed by atoms with Gasteiger partial charge in [0.2, 0.25) is 18.0 Å². The van der Waals surface area contributed by atoms with E-state index in [1.165, 1.54) is 16.2 Å². The SMILES string of the molecule is Cc1nc(C)c(C(=O)C2=C([O-])C(=O)N(CCC[n+]3cc[nH]c3)C2c2cccc(Cl)c2)s1. The molecule has 1 aromatic carbocycles. The number of carbonyl (C=O) groups is 2. The molecule has 31 heavy (non-hydrogen) atoms. The zero-order valence-corrected chi connectivity index (χ0v) is 18.7. The van der Waals surface area contributed by atoms with Crippen LogP contribution in [0.4, 0.5) is 0 Å². The number of imidazole rings is 1. The largest absolute Gasteiger partial charge is 0.868 e. The Morgan fingerprint density at radius 3 is 2.84 bits per heavy atom. The van der Waals surface area contributed by atoms with Crippen LogP contribution in [0.15, 0.2) is 54.3 Å². The molecule has 1 atom stereocenters. The van der Waals surface area contributed by atoms with Crippen molar-refractivity contribution in [2.75, 3.05) is 6.54 Å². The van der Waals surface area contributed by atoms with E-state index < -0.39 is 23.5 Å². The number of rotatable bonds is 7. The summed E-state index contributed by atoms with van der Waals surface area (Å²) in [4.78, 5) is 35.5. The topological polar surface area (TPSA) is 93.0 Å². The second kappa shape index (κ2) is 8.64. The first-order valence-electron chi connectivity index (χ1n) is 9.85. The maximum Gasteiger partial charge on any atom is 0.241 e. The van der Waals surface area contributed by atoms with Gasteiger partial charge >= 0.3 is 0 Å². The summed E-state index contributed by atoms with van der Waals surface area (Å²) in [5, 5.41) is 14.2. The van der Waals surface area contributed by atoms with Gasteiger partial charge in [-0.1, -0.05) is 23.7 Å². The number of aromatic amines is 1. The molecule has 0 aliphatic carbocycles. The number of thiazole rings is 1. The number of nitrogens with one attached hydrogen (secondary N) is 1. The van der Waals surface area contributed by atoms with Crippen LogP contribution < -0.4 is 9.67 Å². The van der Waals surface area contributed by atoms with Crippen LogP contribution >= 0.6 is 22.9 Å². The van der Waals surface area contributed by atoms with Crippen molar-refractivity contribution >= 4 is 34.6 Å². The van der Waals surface area contributed by atoms with Crippen LogP contribution in [0.5, 0.6) is 0 Å². The third kappa shape index (κ3) is 4.13. The average molecular weight is 457 g/mol. The number of aryl methyl sites for hydroxylation is 3. The lowest BCUT2D eigenvalue weighted by Gasteiger charge is -2.27. The van der Waals surface area contributed by atoms with Gasteiger partial charge in [0, 0.05) is 23.6 Å². The van der Waals surface area contributed by atoms with Crippen molar-refractivity contribution in [3.63, 3.8) is 0 Å². The van der Waals surface area contributed by atoms with Crippen LogP contribution in [0.25, 0.3) is 0 Å². The summed E-state index contributed by atoms with van der Waals surface area (Å²) in [5.74, 6) is -1.85. The van der Waals surface area contributed by atoms with Gasteiger partial charge in [0.1, 0.15) is 12.4 Å². The van der Waals surface area contributed by atoms with Crippen molar-refractivity contribution in [1.29, 1.82) is 0 Å². The highest BCUT2D eigenvalue weighted by Gasteiger charge is 2.40. The number of carbonyl (C=O) groups excluding carboxylic acids is 2. The van der Waals surface area contributed by atoms with E-state index in [1.807, 2.05) is 23.3 Å². The van der Waals surface area contributed by atoms with E-state index in [0.29, 0.717) is 40.7 Å². The number of H-pyrrole nitrogens is 1. The molecule has 2 aromatic heterocycles. The first kappa shape index (κ1) is 21.3. The normalized spacial score (nSPS) is 16.4. The number of benzene rings is 1. The van der Waals surface area contributed by atoms with Crippen molar-refractivity contribution in [2.45, 2.75) is 32.9 Å². The molecular formula is C22H21ClN4O3S. The Balaban J connectivity index is 1.70. The Morgan fingerprint density at radius 2 is 2.19 bits per heavy atom. The summed E-state index contributed by atoms with van der Waals surface area (Å²) in [6, 6.07) is 6.18. The lowest BCUT2D eigenvalue weighted by molar-refractivity contribution is -0.695. The van der Waals surface area contributed by atoms with Crippen molar-refractivity contribution in [3.05, 3.63) is 80.5 Å². The number of aromatic nitrogens is 3. The number of Topliss-reactive ketones (excluding diaryl/α,β-unsaturated/α-hetero) is 1. The molecule has 3 heterocycles. The third-order valence-corrected chi connectivity index (χ3v) is 6.53. The fraction of sp³-hybridized carbons (Fsp3) is 0.273. The molecule has 1 N–H and O–H groups in total. The number of halogens is 1. The maximum atomic E-state index is 13.4. The predicted octanol–water partition coefficient (Wildman–Crippen LogP) is 2.50. The Labute approximate surface area is 188 Å². The van der Waals surface area contributed by atoms with Crippen LogP contribution in [0.2, 0.25) is 5.02 Å². The Kier molecular flexibility index (Phi) is 5.93. The lowest BCUT2D eigenvalue weighted by atomic mass is 9.95. The third-order valence-electron chi connectivity index (χ3n) is 5.22. The van der Waals surface area contributed by atoms with Gasteiger partial charge in [-0.3, -0.25) is 14.6 Å². The van der Waals surface area contributed by atoms with E-state index in [4.69, 9.17) is 11.6 Å². The van der Waals surface area contributed by atoms with Crippen LogP contribution in [-0.4, -0.2) is 33.1 Å². The summed E-state index contributed by atoms with van der Waals surface area (Å²) in [7, 11) is 0. The first-order chi connectivity index (χ1) is 14.9. The van der Waals surface area contributed by atoms with Crippen molar-refractivity contribution in [3.8, 4) is 0 Å². The first-order valence-corrected chi connectivity index (χ1v) is 11.0. The molecule has 160 valence electrons. The van der Waals surface area contributed by atoms with Gasteiger partial charge < -0.3 is 10.0 Å². The molecule has 0 radical (unpaired) electrons. The minimum Gasteiger partial charge on any atom is -0.868 e. The molecular weight excluding hydrogens is 436 g/mol. The average Bonchev–Trinajstić information content (AvgIpc) is 3.42. The summed E-state index contributed by atoms with van der Waals surface area (Å²) < 4.78 is 1.95. The second-order valence-corrected chi connectivity index (χ2v) is 9.02. The Morgan fingerprint density at radius 1 is 1.39 bits per heavy atom. The molecule has 0 saturated heterocycles. The van der Waals surface area contributed by atoms with E-state index in [0.717, 1.165) is 5.01 Å². The molecule has 4 rings (SSSR count). The lowest BCUT2D eigenvalue weighted by Crippen LogP contribution is -2.37. The van der Waals surface area contributed by atoms with Crippen molar-refractivity contribution < 1.29 is 19.3 Å². The summed E-state index contributed by atoms with van der Waals surface area (Å²) in [6.07, 6.45) is 6.14. The molecule has 0 fully saturated rings. The Bertz CT molecular complexity index is 1170. The number of hydrogen-bond donors (Lipinski definition) is 1. The van der Waals surface area contributed by atoms with Crippen LogP contribution in [-0.2, 0) is 11.3 Å². The smallest absolute Gasteiger partial charge is 0.241 e. The molecule has 9 heteroatoms. The molecule has 1 amide bonds. The standard InChI is InChI=1S/C22H21ClN4O3S/c1-13-21(31-14(2)25-13)19(28)17-18(15-5-3-6-16(23)11-15)27(22(30)20(17)29)9-4-8-26-10-7-24-12-26/h3,5-7,10-12,18H,4,8-9H2,1-2H3,(H,28,29).